The lowest BCUT2D eigenvalue weighted by molar-refractivity contribution is 0.295. The van der Waals surface area contributed by atoms with Crippen molar-refractivity contribution in [1.29, 1.82) is 0 Å². The maximum absolute atomic E-state index is 14.2. The number of hydrogen-bond acceptors (Lipinski definition) is 1. The molecule has 0 atom stereocenters. The molecule has 0 spiro atoms. The average Bonchev–Trinajstić information content (AvgIpc) is 2.75. The Labute approximate surface area is 173 Å². The summed E-state index contributed by atoms with van der Waals surface area (Å²) in [5, 5.41) is 0. The molecule has 1 saturated carbocycles. The SMILES string of the molecule is CCCOc1ccc(C#Cc2ccc([C@H]3CC[C@H](CCC)CC3)cc2)c(F)c1F. The van der Waals surface area contributed by atoms with Crippen molar-refractivity contribution in [3.8, 4) is 17.6 Å². The largest absolute Gasteiger partial charge is 0.490 e. The lowest BCUT2D eigenvalue weighted by atomic mass is 9.77. The summed E-state index contributed by atoms with van der Waals surface area (Å²) in [7, 11) is 0. The van der Waals surface area contributed by atoms with Crippen molar-refractivity contribution >= 4 is 0 Å². The highest BCUT2D eigenvalue weighted by atomic mass is 19.2. The van der Waals surface area contributed by atoms with E-state index in [9.17, 15) is 8.78 Å². The number of ether oxygens (including phenoxy) is 1. The lowest BCUT2D eigenvalue weighted by Gasteiger charge is -2.28. The Morgan fingerprint density at radius 3 is 2.24 bits per heavy atom. The van der Waals surface area contributed by atoms with E-state index in [1.54, 1.807) is 0 Å². The van der Waals surface area contributed by atoms with Crippen LogP contribution in [0.3, 0.4) is 0 Å². The molecule has 0 N–H and O–H groups in total. The monoisotopic (exact) mass is 396 g/mol. The van der Waals surface area contributed by atoms with E-state index in [1.165, 1.54) is 56.2 Å². The number of halogens is 2. The molecule has 2 aromatic rings. The Morgan fingerprint density at radius 2 is 1.59 bits per heavy atom. The Balaban J connectivity index is 1.65. The van der Waals surface area contributed by atoms with Crippen LogP contribution in [0.25, 0.3) is 0 Å². The van der Waals surface area contributed by atoms with Crippen LogP contribution in [-0.4, -0.2) is 6.61 Å². The zero-order valence-corrected chi connectivity index (χ0v) is 17.4. The van der Waals surface area contributed by atoms with E-state index in [1.807, 2.05) is 19.1 Å². The first-order chi connectivity index (χ1) is 14.1. The number of rotatable bonds is 6. The molecule has 3 rings (SSSR count). The molecule has 1 nitrogen and oxygen atoms in total. The molecular formula is C26H30F2O. The van der Waals surface area contributed by atoms with Gasteiger partial charge in [0.2, 0.25) is 5.82 Å². The zero-order chi connectivity index (χ0) is 20.6. The van der Waals surface area contributed by atoms with E-state index in [-0.39, 0.29) is 11.3 Å². The van der Waals surface area contributed by atoms with Crippen molar-refractivity contribution in [3.63, 3.8) is 0 Å². The number of hydrogen-bond donors (Lipinski definition) is 0. The van der Waals surface area contributed by atoms with E-state index in [0.717, 1.165) is 17.9 Å². The van der Waals surface area contributed by atoms with Gasteiger partial charge in [0.15, 0.2) is 11.6 Å². The third kappa shape index (κ3) is 5.60. The molecule has 0 bridgehead atoms. The van der Waals surface area contributed by atoms with Crippen LogP contribution >= 0.6 is 0 Å². The molecule has 0 aliphatic heterocycles. The highest BCUT2D eigenvalue weighted by Crippen LogP contribution is 2.37. The van der Waals surface area contributed by atoms with Gasteiger partial charge in [0.25, 0.3) is 0 Å². The van der Waals surface area contributed by atoms with Crippen molar-refractivity contribution in [2.45, 2.75) is 64.7 Å². The van der Waals surface area contributed by atoms with E-state index < -0.39 is 11.6 Å². The summed E-state index contributed by atoms with van der Waals surface area (Å²) in [4.78, 5) is 0. The zero-order valence-electron chi connectivity index (χ0n) is 17.4. The van der Waals surface area contributed by atoms with Crippen LogP contribution < -0.4 is 4.74 Å². The van der Waals surface area contributed by atoms with Crippen LogP contribution in [0.4, 0.5) is 8.78 Å². The third-order valence-corrected chi connectivity index (χ3v) is 5.78. The molecule has 0 saturated heterocycles. The summed E-state index contributed by atoms with van der Waals surface area (Å²) in [6, 6.07) is 11.1. The molecule has 2 aromatic carbocycles. The van der Waals surface area contributed by atoms with E-state index in [4.69, 9.17) is 4.74 Å². The molecule has 1 fully saturated rings. The van der Waals surface area contributed by atoms with Gasteiger partial charge in [-0.3, -0.25) is 0 Å². The molecular weight excluding hydrogens is 366 g/mol. The summed E-state index contributed by atoms with van der Waals surface area (Å²) in [5.41, 5.74) is 2.21. The molecule has 0 unspecified atom stereocenters. The van der Waals surface area contributed by atoms with Gasteiger partial charge in [-0.2, -0.15) is 4.39 Å². The van der Waals surface area contributed by atoms with Gasteiger partial charge < -0.3 is 4.74 Å². The van der Waals surface area contributed by atoms with E-state index in [0.29, 0.717) is 12.5 Å². The minimum Gasteiger partial charge on any atom is -0.490 e. The second kappa shape index (κ2) is 10.4. The van der Waals surface area contributed by atoms with E-state index in [2.05, 4.69) is 30.9 Å². The van der Waals surface area contributed by atoms with Gasteiger partial charge in [-0.15, -0.1) is 0 Å². The van der Waals surface area contributed by atoms with Crippen molar-refractivity contribution in [2.24, 2.45) is 5.92 Å². The summed E-state index contributed by atoms with van der Waals surface area (Å²) in [6.07, 6.45) is 8.52. The summed E-state index contributed by atoms with van der Waals surface area (Å²) < 4.78 is 33.5. The summed E-state index contributed by atoms with van der Waals surface area (Å²) >= 11 is 0. The predicted molar refractivity (Wildman–Crippen MR) is 114 cm³/mol. The van der Waals surface area contributed by atoms with Gasteiger partial charge in [0.1, 0.15) is 0 Å². The van der Waals surface area contributed by atoms with Crippen molar-refractivity contribution < 1.29 is 13.5 Å². The fourth-order valence-corrected chi connectivity index (χ4v) is 4.12. The molecule has 3 heteroatoms. The molecule has 29 heavy (non-hydrogen) atoms. The van der Waals surface area contributed by atoms with Gasteiger partial charge in [-0.25, -0.2) is 4.39 Å². The first kappa shape index (κ1) is 21.4. The van der Waals surface area contributed by atoms with Crippen LogP contribution in [-0.2, 0) is 0 Å². The second-order valence-electron chi connectivity index (χ2n) is 7.97. The van der Waals surface area contributed by atoms with Gasteiger partial charge >= 0.3 is 0 Å². The smallest absolute Gasteiger partial charge is 0.201 e. The van der Waals surface area contributed by atoms with Crippen molar-refractivity contribution in [1.82, 2.24) is 0 Å². The lowest BCUT2D eigenvalue weighted by Crippen LogP contribution is -2.13. The fraction of sp³-hybridized carbons (Fsp3) is 0.462. The van der Waals surface area contributed by atoms with Gasteiger partial charge in [-0.05, 0) is 73.8 Å². The fourth-order valence-electron chi connectivity index (χ4n) is 4.12. The third-order valence-electron chi connectivity index (χ3n) is 5.78. The topological polar surface area (TPSA) is 9.23 Å². The highest BCUT2D eigenvalue weighted by Gasteiger charge is 2.21. The maximum Gasteiger partial charge on any atom is 0.201 e. The molecule has 1 aliphatic carbocycles. The van der Waals surface area contributed by atoms with Gasteiger partial charge in [-0.1, -0.05) is 50.7 Å². The Morgan fingerprint density at radius 1 is 0.862 bits per heavy atom. The van der Waals surface area contributed by atoms with Crippen LogP contribution in [0.2, 0.25) is 0 Å². The Kier molecular flexibility index (Phi) is 7.69. The van der Waals surface area contributed by atoms with Crippen LogP contribution in [0.15, 0.2) is 36.4 Å². The summed E-state index contributed by atoms with van der Waals surface area (Å²) in [5.74, 6) is 5.24. The predicted octanol–water partition coefficient (Wildman–Crippen LogP) is 7.23. The molecule has 1 aliphatic rings. The molecule has 0 aromatic heterocycles. The molecule has 0 heterocycles. The molecule has 0 amide bonds. The summed E-state index contributed by atoms with van der Waals surface area (Å²) in [6.45, 7) is 4.53. The second-order valence-corrected chi connectivity index (χ2v) is 7.97. The van der Waals surface area contributed by atoms with Crippen LogP contribution in [0.5, 0.6) is 5.75 Å². The quantitative estimate of drug-likeness (QED) is 0.468. The van der Waals surface area contributed by atoms with Gasteiger partial charge in [0, 0.05) is 5.56 Å². The normalized spacial score (nSPS) is 18.8. The van der Waals surface area contributed by atoms with Gasteiger partial charge in [0.05, 0.1) is 12.2 Å². The Bertz CT molecular complexity index is 853. The first-order valence-electron chi connectivity index (χ1n) is 10.8. The first-order valence-corrected chi connectivity index (χ1v) is 10.8. The van der Waals surface area contributed by atoms with Crippen molar-refractivity contribution in [2.75, 3.05) is 6.61 Å². The average molecular weight is 397 g/mol. The Hall–Kier alpha value is -2.34. The maximum atomic E-state index is 14.2. The molecule has 154 valence electrons. The van der Waals surface area contributed by atoms with Crippen molar-refractivity contribution in [3.05, 3.63) is 64.7 Å². The minimum absolute atomic E-state index is 0.0460. The van der Waals surface area contributed by atoms with Crippen LogP contribution in [0, 0.1) is 29.4 Å². The standard InChI is InChI=1S/C26H30F2O/c1-3-5-19-6-11-21(12-7-19)22-13-8-20(9-14-22)10-15-23-16-17-24(29-18-4-2)26(28)25(23)27/h8-9,13-14,16-17,19,21H,3-7,11-12,18H2,1-2H3/t19-,21-. The minimum atomic E-state index is -0.973. The highest BCUT2D eigenvalue weighted by molar-refractivity contribution is 5.46. The van der Waals surface area contributed by atoms with Crippen LogP contribution in [0.1, 0.15) is 81.4 Å². The molecule has 0 radical (unpaired) electrons. The number of benzene rings is 2. The van der Waals surface area contributed by atoms with E-state index >= 15 is 0 Å².